The number of aromatic hydroxyl groups is 1. The number of hydrogen-bond acceptors (Lipinski definition) is 6. The van der Waals surface area contributed by atoms with Gasteiger partial charge in [-0.2, -0.15) is 0 Å². The summed E-state index contributed by atoms with van der Waals surface area (Å²) in [7, 11) is 3.22. The highest BCUT2D eigenvalue weighted by atomic mass is 16.5. The van der Waals surface area contributed by atoms with Gasteiger partial charge < -0.3 is 19.5 Å². The van der Waals surface area contributed by atoms with Gasteiger partial charge in [-0.15, -0.1) is 0 Å². The third-order valence-electron chi connectivity index (χ3n) is 4.33. The maximum Gasteiger partial charge on any atom is 0.162 e. The molecule has 1 aliphatic heterocycles. The second-order valence-corrected chi connectivity index (χ2v) is 5.64. The van der Waals surface area contributed by atoms with Crippen molar-refractivity contribution in [3.63, 3.8) is 0 Å². The Morgan fingerprint density at radius 2 is 1.83 bits per heavy atom. The monoisotopic (exact) mass is 323 g/mol. The zero-order chi connectivity index (χ0) is 16.7. The summed E-state index contributed by atoms with van der Waals surface area (Å²) in [4.78, 5) is 11.0. The minimum Gasteiger partial charge on any atom is -0.508 e. The van der Waals surface area contributed by atoms with Crippen molar-refractivity contribution in [1.82, 2.24) is 9.97 Å². The average Bonchev–Trinajstić information content (AvgIpc) is 3.02. The molecule has 0 fully saturated rings. The summed E-state index contributed by atoms with van der Waals surface area (Å²) in [6.07, 6.45) is 2.42. The normalized spacial score (nSPS) is 13.2. The Morgan fingerprint density at radius 1 is 1.04 bits per heavy atom. The zero-order valence-electron chi connectivity index (χ0n) is 13.5. The van der Waals surface area contributed by atoms with Gasteiger partial charge in [0.1, 0.15) is 17.9 Å². The second kappa shape index (κ2) is 5.56. The van der Waals surface area contributed by atoms with E-state index in [0.29, 0.717) is 11.5 Å². The van der Waals surface area contributed by atoms with E-state index < -0.39 is 0 Å². The third-order valence-corrected chi connectivity index (χ3v) is 4.33. The van der Waals surface area contributed by atoms with Crippen molar-refractivity contribution in [3.8, 4) is 17.2 Å². The van der Waals surface area contributed by atoms with Gasteiger partial charge in [-0.25, -0.2) is 9.97 Å². The molecular formula is C18H17N3O3. The molecular weight excluding hydrogens is 306 g/mol. The fraction of sp³-hybridized carbons (Fsp3) is 0.222. The lowest BCUT2D eigenvalue weighted by molar-refractivity contribution is 0.356. The van der Waals surface area contributed by atoms with Gasteiger partial charge in [0.15, 0.2) is 11.5 Å². The van der Waals surface area contributed by atoms with Crippen LogP contribution in [-0.2, 0) is 6.42 Å². The van der Waals surface area contributed by atoms with Crippen LogP contribution in [0.3, 0.4) is 0 Å². The average molecular weight is 323 g/mol. The van der Waals surface area contributed by atoms with Gasteiger partial charge in [-0.05, 0) is 36.2 Å². The van der Waals surface area contributed by atoms with Crippen LogP contribution in [-0.4, -0.2) is 35.8 Å². The molecule has 0 amide bonds. The van der Waals surface area contributed by atoms with Crippen molar-refractivity contribution < 1.29 is 14.6 Å². The molecule has 0 spiro atoms. The highest BCUT2D eigenvalue weighted by Crippen LogP contribution is 2.40. The first-order valence-electron chi connectivity index (χ1n) is 7.67. The molecule has 0 aliphatic carbocycles. The summed E-state index contributed by atoms with van der Waals surface area (Å²) in [5.41, 5.74) is 2.97. The van der Waals surface area contributed by atoms with Gasteiger partial charge in [0.25, 0.3) is 0 Å². The molecule has 0 saturated heterocycles. The Labute approximate surface area is 139 Å². The smallest absolute Gasteiger partial charge is 0.162 e. The van der Waals surface area contributed by atoms with Gasteiger partial charge in [-0.3, -0.25) is 0 Å². The van der Waals surface area contributed by atoms with E-state index in [9.17, 15) is 5.11 Å². The first kappa shape index (κ1) is 14.6. The van der Waals surface area contributed by atoms with Crippen molar-refractivity contribution in [2.75, 3.05) is 25.7 Å². The number of phenols is 1. The Morgan fingerprint density at radius 3 is 2.62 bits per heavy atom. The Kier molecular flexibility index (Phi) is 3.37. The predicted octanol–water partition coefficient (Wildman–Crippen LogP) is 3.05. The van der Waals surface area contributed by atoms with E-state index in [2.05, 4.69) is 14.9 Å². The lowest BCUT2D eigenvalue weighted by Gasteiger charge is -2.20. The maximum atomic E-state index is 9.68. The Balaban J connectivity index is 1.89. The molecule has 0 radical (unpaired) electrons. The van der Waals surface area contributed by atoms with Crippen LogP contribution < -0.4 is 14.4 Å². The minimum absolute atomic E-state index is 0.287. The molecule has 0 unspecified atom stereocenters. The van der Waals surface area contributed by atoms with E-state index in [1.807, 2.05) is 24.3 Å². The summed E-state index contributed by atoms with van der Waals surface area (Å²) >= 11 is 0. The van der Waals surface area contributed by atoms with Crippen LogP contribution in [0.25, 0.3) is 10.9 Å². The summed E-state index contributed by atoms with van der Waals surface area (Å²) in [6.45, 7) is 0.805. The van der Waals surface area contributed by atoms with Gasteiger partial charge in [0.2, 0.25) is 0 Å². The molecule has 2 aromatic carbocycles. The highest BCUT2D eigenvalue weighted by Gasteiger charge is 2.24. The van der Waals surface area contributed by atoms with E-state index in [4.69, 9.17) is 9.47 Å². The van der Waals surface area contributed by atoms with E-state index in [-0.39, 0.29) is 5.75 Å². The van der Waals surface area contributed by atoms with Gasteiger partial charge in [0.05, 0.1) is 19.7 Å². The molecule has 3 aromatic rings. The number of benzene rings is 2. The van der Waals surface area contributed by atoms with E-state index in [1.54, 1.807) is 26.6 Å². The summed E-state index contributed by atoms with van der Waals surface area (Å²) in [6, 6.07) is 9.19. The van der Waals surface area contributed by atoms with Gasteiger partial charge in [-0.1, -0.05) is 0 Å². The summed E-state index contributed by atoms with van der Waals surface area (Å²) in [5.74, 6) is 2.40. The molecule has 122 valence electrons. The third kappa shape index (κ3) is 2.19. The van der Waals surface area contributed by atoms with Crippen molar-refractivity contribution in [2.45, 2.75) is 6.42 Å². The van der Waals surface area contributed by atoms with Crippen LogP contribution in [0.5, 0.6) is 17.2 Å². The SMILES string of the molecule is COc1cc2ncnc(N3CCc4cc(O)ccc43)c2cc1OC. The molecule has 0 atom stereocenters. The molecule has 1 aliphatic rings. The Bertz CT molecular complexity index is 927. The molecule has 1 N–H and O–H groups in total. The Hall–Kier alpha value is -3.02. The maximum absolute atomic E-state index is 9.68. The second-order valence-electron chi connectivity index (χ2n) is 5.64. The van der Waals surface area contributed by atoms with Crippen molar-refractivity contribution in [2.24, 2.45) is 0 Å². The van der Waals surface area contributed by atoms with Crippen LogP contribution in [0.2, 0.25) is 0 Å². The van der Waals surface area contributed by atoms with Gasteiger partial charge >= 0.3 is 0 Å². The molecule has 0 bridgehead atoms. The number of hydrogen-bond donors (Lipinski definition) is 1. The van der Waals surface area contributed by atoms with Crippen molar-refractivity contribution in [3.05, 3.63) is 42.2 Å². The molecule has 2 heterocycles. The quantitative estimate of drug-likeness (QED) is 0.799. The van der Waals surface area contributed by atoms with Crippen molar-refractivity contribution in [1.29, 1.82) is 0 Å². The molecule has 1 aromatic heterocycles. The number of methoxy groups -OCH3 is 2. The van der Waals surface area contributed by atoms with Gasteiger partial charge in [0, 0.05) is 23.7 Å². The molecule has 6 nitrogen and oxygen atoms in total. The van der Waals surface area contributed by atoms with Crippen LogP contribution in [0.4, 0.5) is 11.5 Å². The highest BCUT2D eigenvalue weighted by molar-refractivity contribution is 5.94. The van der Waals surface area contributed by atoms with Crippen LogP contribution >= 0.6 is 0 Å². The molecule has 0 saturated carbocycles. The number of ether oxygens (including phenoxy) is 2. The number of fused-ring (bicyclic) bond motifs is 2. The topological polar surface area (TPSA) is 67.7 Å². The fourth-order valence-corrected chi connectivity index (χ4v) is 3.19. The standard InChI is InChI=1S/C18H17N3O3/c1-23-16-8-13-14(9-17(16)24-2)19-10-20-18(13)21-6-5-11-7-12(22)3-4-15(11)21/h3-4,7-10,22H,5-6H2,1-2H3. The predicted molar refractivity (Wildman–Crippen MR) is 91.5 cm³/mol. The number of nitrogens with zero attached hydrogens (tertiary/aromatic N) is 3. The first-order chi connectivity index (χ1) is 11.7. The molecule has 6 heteroatoms. The summed E-state index contributed by atoms with van der Waals surface area (Å²) in [5, 5.41) is 10.6. The van der Waals surface area contributed by atoms with Crippen LogP contribution in [0.1, 0.15) is 5.56 Å². The summed E-state index contributed by atoms with van der Waals surface area (Å²) < 4.78 is 10.8. The van der Waals surface area contributed by atoms with Crippen LogP contribution in [0, 0.1) is 0 Å². The van der Waals surface area contributed by atoms with E-state index >= 15 is 0 Å². The van der Waals surface area contributed by atoms with E-state index in [1.165, 1.54) is 0 Å². The minimum atomic E-state index is 0.287. The first-order valence-corrected chi connectivity index (χ1v) is 7.67. The van der Waals surface area contributed by atoms with Crippen molar-refractivity contribution >= 4 is 22.4 Å². The number of aromatic nitrogens is 2. The number of rotatable bonds is 3. The lowest BCUT2D eigenvalue weighted by atomic mass is 10.1. The number of phenolic OH excluding ortho intramolecular Hbond substituents is 1. The zero-order valence-corrected chi connectivity index (χ0v) is 13.5. The van der Waals surface area contributed by atoms with E-state index in [0.717, 1.165) is 40.9 Å². The lowest BCUT2D eigenvalue weighted by Crippen LogP contribution is -2.15. The van der Waals surface area contributed by atoms with Crippen LogP contribution in [0.15, 0.2) is 36.7 Å². The molecule has 24 heavy (non-hydrogen) atoms. The largest absolute Gasteiger partial charge is 0.508 e. The number of anilines is 2. The molecule has 4 rings (SSSR count). The fourth-order valence-electron chi connectivity index (χ4n) is 3.19.